The van der Waals surface area contributed by atoms with Crippen molar-refractivity contribution in [1.82, 2.24) is 4.31 Å². The number of fused-ring (bicyclic) bond motifs is 1. The lowest BCUT2D eigenvalue weighted by atomic mass is 9.95. The molecule has 2 amide bonds. The molecule has 0 radical (unpaired) electrons. The highest BCUT2D eigenvalue weighted by atomic mass is 35.5. The fourth-order valence-electron chi connectivity index (χ4n) is 3.56. The Morgan fingerprint density at radius 1 is 1.14 bits per heavy atom. The second kappa shape index (κ2) is 7.47. The summed E-state index contributed by atoms with van der Waals surface area (Å²) in [5.74, 6) is -0.697. The van der Waals surface area contributed by atoms with Gasteiger partial charge in [-0.15, -0.1) is 11.3 Å². The zero-order valence-corrected chi connectivity index (χ0v) is 17.2. The molecule has 2 aliphatic heterocycles. The van der Waals surface area contributed by atoms with Crippen LogP contribution in [-0.4, -0.2) is 44.2 Å². The number of hydrogen-bond donors (Lipinski definition) is 1. The van der Waals surface area contributed by atoms with Gasteiger partial charge in [0.05, 0.1) is 15.7 Å². The summed E-state index contributed by atoms with van der Waals surface area (Å²) in [5.41, 5.74) is 1.29. The molecular formula is C18H18ClN3O4S2. The molecule has 1 saturated heterocycles. The van der Waals surface area contributed by atoms with E-state index < -0.39 is 10.0 Å². The summed E-state index contributed by atoms with van der Waals surface area (Å²) in [5, 5.41) is 2.76. The lowest BCUT2D eigenvalue weighted by Gasteiger charge is -2.35. The van der Waals surface area contributed by atoms with E-state index in [1.54, 1.807) is 24.3 Å². The maximum Gasteiger partial charge on any atom is 0.252 e. The Labute approximate surface area is 171 Å². The Bertz CT molecular complexity index is 1030. The van der Waals surface area contributed by atoms with Crippen molar-refractivity contribution in [1.29, 1.82) is 0 Å². The third-order valence-corrected chi connectivity index (χ3v) is 8.58. The number of sulfonamides is 1. The van der Waals surface area contributed by atoms with Crippen molar-refractivity contribution in [3.05, 3.63) is 40.7 Å². The van der Waals surface area contributed by atoms with Gasteiger partial charge in [-0.25, -0.2) is 8.42 Å². The average molecular weight is 440 g/mol. The second-order valence-electron chi connectivity index (χ2n) is 6.73. The SMILES string of the molecule is O=C1CN(C(=O)C2CCN(S(=O)(=O)c3ccc(Cl)s3)CC2)c2ccccc2N1. The fraction of sp³-hybridized carbons (Fsp3) is 0.333. The van der Waals surface area contributed by atoms with E-state index in [9.17, 15) is 18.0 Å². The van der Waals surface area contributed by atoms with E-state index in [1.807, 2.05) is 6.07 Å². The molecular weight excluding hydrogens is 422 g/mol. The first-order valence-corrected chi connectivity index (χ1v) is 11.5. The highest BCUT2D eigenvalue weighted by Gasteiger charge is 2.36. The van der Waals surface area contributed by atoms with Crippen LogP contribution in [0.1, 0.15) is 12.8 Å². The maximum atomic E-state index is 13.1. The first-order chi connectivity index (χ1) is 13.4. The summed E-state index contributed by atoms with van der Waals surface area (Å²) in [6, 6.07) is 10.2. The van der Waals surface area contributed by atoms with Crippen molar-refractivity contribution in [3.8, 4) is 0 Å². The zero-order valence-electron chi connectivity index (χ0n) is 14.8. The molecule has 0 spiro atoms. The standard InChI is InChI=1S/C18H18ClN3O4S2/c19-15-5-6-17(27-15)28(25,26)21-9-7-12(8-10-21)18(24)22-11-16(23)20-13-3-1-2-4-14(13)22/h1-6,12H,7-11H2,(H,20,23). The van der Waals surface area contributed by atoms with Gasteiger partial charge in [-0.05, 0) is 37.1 Å². The molecule has 0 saturated carbocycles. The highest BCUT2D eigenvalue weighted by molar-refractivity contribution is 7.91. The van der Waals surface area contributed by atoms with Gasteiger partial charge in [0.1, 0.15) is 10.8 Å². The molecule has 28 heavy (non-hydrogen) atoms. The van der Waals surface area contributed by atoms with E-state index in [4.69, 9.17) is 11.6 Å². The maximum absolute atomic E-state index is 13.1. The van der Waals surface area contributed by atoms with Crippen molar-refractivity contribution in [2.45, 2.75) is 17.1 Å². The number of benzene rings is 1. The number of halogens is 1. The van der Waals surface area contributed by atoms with Crippen LogP contribution in [0, 0.1) is 5.92 Å². The van der Waals surface area contributed by atoms with Crippen LogP contribution < -0.4 is 10.2 Å². The molecule has 10 heteroatoms. The molecule has 1 aromatic carbocycles. The van der Waals surface area contributed by atoms with Gasteiger partial charge in [0, 0.05) is 19.0 Å². The van der Waals surface area contributed by atoms with E-state index in [0.29, 0.717) is 28.6 Å². The second-order valence-corrected chi connectivity index (χ2v) is 10.6. The lowest BCUT2D eigenvalue weighted by Crippen LogP contribution is -2.48. The number of nitrogens with zero attached hydrogens (tertiary/aromatic N) is 2. The quantitative estimate of drug-likeness (QED) is 0.796. The van der Waals surface area contributed by atoms with Crippen molar-refractivity contribution in [3.63, 3.8) is 0 Å². The van der Waals surface area contributed by atoms with Crippen LogP contribution in [0.4, 0.5) is 11.4 Å². The number of carbonyl (C=O) groups excluding carboxylic acids is 2. The number of thiophene rings is 1. The third-order valence-electron chi connectivity index (χ3n) is 4.98. The van der Waals surface area contributed by atoms with E-state index in [0.717, 1.165) is 11.3 Å². The number of carbonyl (C=O) groups is 2. The van der Waals surface area contributed by atoms with Gasteiger partial charge in [0.2, 0.25) is 11.8 Å². The van der Waals surface area contributed by atoms with Gasteiger partial charge in [0.15, 0.2) is 0 Å². The number of rotatable bonds is 3. The topological polar surface area (TPSA) is 86.8 Å². The third kappa shape index (κ3) is 3.55. The fourth-order valence-corrected chi connectivity index (χ4v) is 6.66. The first-order valence-electron chi connectivity index (χ1n) is 8.82. The lowest BCUT2D eigenvalue weighted by molar-refractivity contribution is -0.125. The molecule has 3 heterocycles. The molecule has 0 atom stereocenters. The Hall–Kier alpha value is -1.94. The smallest absolute Gasteiger partial charge is 0.252 e. The van der Waals surface area contributed by atoms with Gasteiger partial charge < -0.3 is 10.2 Å². The monoisotopic (exact) mass is 439 g/mol. The highest BCUT2D eigenvalue weighted by Crippen LogP contribution is 2.34. The molecule has 0 bridgehead atoms. The first kappa shape index (κ1) is 19.4. The summed E-state index contributed by atoms with van der Waals surface area (Å²) in [7, 11) is -3.59. The molecule has 1 fully saturated rings. The summed E-state index contributed by atoms with van der Waals surface area (Å²) in [4.78, 5) is 26.5. The predicted octanol–water partition coefficient (Wildman–Crippen LogP) is 2.79. The summed E-state index contributed by atoms with van der Waals surface area (Å²) in [6.07, 6.45) is 0.828. The summed E-state index contributed by atoms with van der Waals surface area (Å²) >= 11 is 6.89. The van der Waals surface area contributed by atoms with E-state index >= 15 is 0 Å². The normalized spacial score (nSPS) is 18.6. The molecule has 148 valence electrons. The van der Waals surface area contributed by atoms with Gasteiger partial charge in [0.25, 0.3) is 10.0 Å². The minimum absolute atomic E-state index is 0.0257. The van der Waals surface area contributed by atoms with Gasteiger partial charge in [-0.3, -0.25) is 9.59 Å². The van der Waals surface area contributed by atoms with Crippen LogP contribution >= 0.6 is 22.9 Å². The number of nitrogens with one attached hydrogen (secondary N) is 1. The summed E-state index contributed by atoms with van der Waals surface area (Å²) < 4.78 is 27.5. The number of amides is 2. The Kier molecular flexibility index (Phi) is 5.17. The van der Waals surface area contributed by atoms with Crippen molar-refractivity contribution >= 4 is 56.2 Å². The molecule has 2 aliphatic rings. The van der Waals surface area contributed by atoms with E-state index in [-0.39, 0.29) is 41.6 Å². The van der Waals surface area contributed by atoms with Crippen LogP contribution in [0.25, 0.3) is 0 Å². The van der Waals surface area contributed by atoms with Crippen LogP contribution in [0.3, 0.4) is 0 Å². The number of piperidine rings is 1. The largest absolute Gasteiger partial charge is 0.323 e. The van der Waals surface area contributed by atoms with Crippen molar-refractivity contribution in [2.24, 2.45) is 5.92 Å². The van der Waals surface area contributed by atoms with Crippen molar-refractivity contribution in [2.75, 3.05) is 29.9 Å². The van der Waals surface area contributed by atoms with Crippen LogP contribution in [0.15, 0.2) is 40.6 Å². The Balaban J connectivity index is 1.47. The molecule has 0 unspecified atom stereocenters. The molecule has 7 nitrogen and oxygen atoms in total. The minimum Gasteiger partial charge on any atom is -0.323 e. The molecule has 2 aromatic rings. The number of hydrogen-bond acceptors (Lipinski definition) is 5. The minimum atomic E-state index is -3.59. The predicted molar refractivity (Wildman–Crippen MR) is 108 cm³/mol. The molecule has 0 aliphatic carbocycles. The van der Waals surface area contributed by atoms with Gasteiger partial charge >= 0.3 is 0 Å². The van der Waals surface area contributed by atoms with Crippen LogP contribution in [0.2, 0.25) is 4.34 Å². The zero-order chi connectivity index (χ0) is 19.9. The average Bonchev–Trinajstić information content (AvgIpc) is 3.14. The molecule has 1 aromatic heterocycles. The number of anilines is 2. The Morgan fingerprint density at radius 3 is 2.54 bits per heavy atom. The summed E-state index contributed by atoms with van der Waals surface area (Å²) in [6.45, 7) is 0.494. The number of para-hydroxylation sites is 2. The molecule has 4 rings (SSSR count). The Morgan fingerprint density at radius 2 is 1.86 bits per heavy atom. The van der Waals surface area contributed by atoms with E-state index in [2.05, 4.69) is 5.32 Å². The van der Waals surface area contributed by atoms with E-state index in [1.165, 1.54) is 15.3 Å². The van der Waals surface area contributed by atoms with Gasteiger partial charge in [-0.2, -0.15) is 4.31 Å². The van der Waals surface area contributed by atoms with Crippen molar-refractivity contribution < 1.29 is 18.0 Å². The molecule has 1 N–H and O–H groups in total. The van der Waals surface area contributed by atoms with Crippen LogP contribution in [-0.2, 0) is 19.6 Å². The van der Waals surface area contributed by atoms with Crippen LogP contribution in [0.5, 0.6) is 0 Å². The van der Waals surface area contributed by atoms with Gasteiger partial charge in [-0.1, -0.05) is 23.7 Å².